The molecule has 23 heavy (non-hydrogen) atoms. The second-order valence-corrected chi connectivity index (χ2v) is 7.31. The fourth-order valence-corrected chi connectivity index (χ4v) is 3.58. The van der Waals surface area contributed by atoms with Crippen LogP contribution >= 0.6 is 0 Å². The van der Waals surface area contributed by atoms with Gasteiger partial charge in [0.2, 0.25) is 5.91 Å². The third kappa shape index (κ3) is 3.75. The number of carbonyl (C=O) groups excluding carboxylic acids is 1. The number of nitrogens with two attached hydrogens (primary N) is 1. The number of hydrogen-bond donors (Lipinski definition) is 2. The zero-order chi connectivity index (χ0) is 17.2. The highest BCUT2D eigenvalue weighted by atomic mass is 16.5. The van der Waals surface area contributed by atoms with E-state index >= 15 is 0 Å². The van der Waals surface area contributed by atoms with Crippen molar-refractivity contribution < 1.29 is 9.53 Å². The first-order chi connectivity index (χ1) is 10.8. The van der Waals surface area contributed by atoms with Gasteiger partial charge in [-0.15, -0.1) is 0 Å². The minimum absolute atomic E-state index is 0.0613. The average molecular weight is 318 g/mol. The van der Waals surface area contributed by atoms with Crippen molar-refractivity contribution in [2.24, 2.45) is 5.73 Å². The molecule has 3 N–H and O–H groups in total. The zero-order valence-corrected chi connectivity index (χ0v) is 15.0. The first-order valence-corrected chi connectivity index (χ1v) is 8.52. The van der Waals surface area contributed by atoms with E-state index in [2.05, 4.69) is 38.2 Å². The van der Waals surface area contributed by atoms with E-state index in [9.17, 15) is 4.79 Å². The van der Waals surface area contributed by atoms with Crippen molar-refractivity contribution in [2.45, 2.75) is 64.3 Å². The molecule has 0 aromatic heterocycles. The maximum Gasteiger partial charge on any atom is 0.225 e. The van der Waals surface area contributed by atoms with Crippen LogP contribution in [0.2, 0.25) is 0 Å². The minimum Gasteiger partial charge on any atom is -0.385 e. The van der Waals surface area contributed by atoms with Gasteiger partial charge in [0.1, 0.15) is 0 Å². The van der Waals surface area contributed by atoms with Gasteiger partial charge in [-0.1, -0.05) is 26.8 Å². The standard InChI is InChI=1S/C19H30N2O2/c1-6-13(7-8-23-5)15-9-16-17(10-14(15)12(2)20)21-18(22)11-19(16,3)4/h9-10,12-13H,6-8,11,20H2,1-5H3,(H,21,22)/t12-,13-/m0/s1. The van der Waals surface area contributed by atoms with Crippen LogP contribution in [0.25, 0.3) is 0 Å². The smallest absolute Gasteiger partial charge is 0.225 e. The molecule has 2 atom stereocenters. The van der Waals surface area contributed by atoms with E-state index in [1.165, 1.54) is 11.1 Å². The number of benzene rings is 1. The Labute approximate surface area is 139 Å². The molecule has 0 bridgehead atoms. The van der Waals surface area contributed by atoms with Crippen molar-refractivity contribution >= 4 is 11.6 Å². The van der Waals surface area contributed by atoms with Crippen molar-refractivity contribution in [3.05, 3.63) is 28.8 Å². The van der Waals surface area contributed by atoms with E-state index in [1.807, 2.05) is 6.92 Å². The SMILES string of the molecule is CC[C@@H](CCOC)c1cc2c(cc1[C@H](C)N)NC(=O)CC2(C)C. The maximum absolute atomic E-state index is 12.0. The second-order valence-electron chi connectivity index (χ2n) is 7.31. The monoisotopic (exact) mass is 318 g/mol. The Hall–Kier alpha value is -1.39. The number of nitrogens with one attached hydrogen (secondary N) is 1. The molecule has 0 radical (unpaired) electrons. The summed E-state index contributed by atoms with van der Waals surface area (Å²) in [5.41, 5.74) is 10.6. The predicted molar refractivity (Wildman–Crippen MR) is 94.8 cm³/mol. The number of methoxy groups -OCH3 is 1. The fraction of sp³-hybridized carbons (Fsp3) is 0.632. The first kappa shape index (κ1) is 18.0. The third-order valence-corrected chi connectivity index (χ3v) is 4.92. The van der Waals surface area contributed by atoms with Crippen LogP contribution in [0, 0.1) is 0 Å². The fourth-order valence-electron chi connectivity index (χ4n) is 3.58. The van der Waals surface area contributed by atoms with E-state index in [-0.39, 0.29) is 17.4 Å². The predicted octanol–water partition coefficient (Wildman–Crippen LogP) is 3.86. The summed E-state index contributed by atoms with van der Waals surface area (Å²) in [5, 5.41) is 3.02. The molecule has 0 unspecified atom stereocenters. The Morgan fingerprint density at radius 1 is 1.35 bits per heavy atom. The van der Waals surface area contributed by atoms with Gasteiger partial charge in [0.05, 0.1) is 0 Å². The molecule has 1 aliphatic heterocycles. The van der Waals surface area contributed by atoms with E-state index in [0.29, 0.717) is 12.3 Å². The molecule has 1 amide bonds. The second kappa shape index (κ2) is 7.02. The van der Waals surface area contributed by atoms with Gasteiger partial charge in [0.15, 0.2) is 0 Å². The highest BCUT2D eigenvalue weighted by Crippen LogP contribution is 2.42. The van der Waals surface area contributed by atoms with E-state index in [1.54, 1.807) is 7.11 Å². The van der Waals surface area contributed by atoms with Crippen LogP contribution in [-0.4, -0.2) is 19.6 Å². The summed E-state index contributed by atoms with van der Waals surface area (Å²) in [6.45, 7) is 9.22. The van der Waals surface area contributed by atoms with E-state index in [4.69, 9.17) is 10.5 Å². The molecular weight excluding hydrogens is 288 g/mol. The largest absolute Gasteiger partial charge is 0.385 e. The summed E-state index contributed by atoms with van der Waals surface area (Å²) < 4.78 is 5.28. The van der Waals surface area contributed by atoms with Gasteiger partial charge < -0.3 is 15.8 Å². The van der Waals surface area contributed by atoms with Crippen LogP contribution in [0.15, 0.2) is 12.1 Å². The number of amides is 1. The summed E-state index contributed by atoms with van der Waals surface area (Å²) in [7, 11) is 1.74. The molecule has 2 rings (SSSR count). The average Bonchev–Trinajstić information content (AvgIpc) is 2.46. The van der Waals surface area contributed by atoms with Gasteiger partial charge in [-0.2, -0.15) is 0 Å². The Kier molecular flexibility index (Phi) is 5.48. The highest BCUT2D eigenvalue weighted by molar-refractivity contribution is 5.95. The summed E-state index contributed by atoms with van der Waals surface area (Å²) in [6, 6.07) is 4.30. The Morgan fingerprint density at radius 2 is 2.04 bits per heavy atom. The van der Waals surface area contributed by atoms with Gasteiger partial charge in [0.25, 0.3) is 0 Å². The summed E-state index contributed by atoms with van der Waals surface area (Å²) in [5.74, 6) is 0.506. The molecule has 1 aromatic carbocycles. The van der Waals surface area contributed by atoms with Crippen LogP contribution in [0.5, 0.6) is 0 Å². The Bertz CT molecular complexity index is 579. The zero-order valence-electron chi connectivity index (χ0n) is 15.0. The maximum atomic E-state index is 12.0. The number of carbonyl (C=O) groups is 1. The number of ether oxygens (including phenoxy) is 1. The lowest BCUT2D eigenvalue weighted by Gasteiger charge is -2.34. The third-order valence-electron chi connectivity index (χ3n) is 4.92. The molecular formula is C19H30N2O2. The molecule has 1 aliphatic rings. The summed E-state index contributed by atoms with van der Waals surface area (Å²) in [6.07, 6.45) is 2.55. The van der Waals surface area contributed by atoms with Crippen molar-refractivity contribution in [3.63, 3.8) is 0 Å². The van der Waals surface area contributed by atoms with Gasteiger partial charge in [-0.3, -0.25) is 4.79 Å². The minimum atomic E-state index is -0.150. The van der Waals surface area contributed by atoms with E-state index in [0.717, 1.165) is 30.7 Å². The van der Waals surface area contributed by atoms with Crippen molar-refractivity contribution in [1.29, 1.82) is 0 Å². The molecule has 4 heteroatoms. The molecule has 4 nitrogen and oxygen atoms in total. The number of anilines is 1. The first-order valence-electron chi connectivity index (χ1n) is 8.52. The Balaban J connectivity index is 2.55. The van der Waals surface area contributed by atoms with Crippen LogP contribution in [-0.2, 0) is 14.9 Å². The molecule has 0 saturated carbocycles. The van der Waals surface area contributed by atoms with Crippen molar-refractivity contribution in [3.8, 4) is 0 Å². The summed E-state index contributed by atoms with van der Waals surface area (Å²) in [4.78, 5) is 12.0. The molecule has 0 spiro atoms. The quantitative estimate of drug-likeness (QED) is 0.837. The lowest BCUT2D eigenvalue weighted by atomic mass is 9.74. The van der Waals surface area contributed by atoms with Gasteiger partial charge in [0, 0.05) is 37.3 Å². The topological polar surface area (TPSA) is 64.3 Å². The van der Waals surface area contributed by atoms with Gasteiger partial charge >= 0.3 is 0 Å². The molecule has 128 valence electrons. The molecule has 0 aliphatic carbocycles. The molecule has 0 fully saturated rings. The lowest BCUT2D eigenvalue weighted by Crippen LogP contribution is -2.33. The molecule has 1 aromatic rings. The highest BCUT2D eigenvalue weighted by Gasteiger charge is 2.33. The van der Waals surface area contributed by atoms with Gasteiger partial charge in [-0.25, -0.2) is 0 Å². The van der Waals surface area contributed by atoms with Gasteiger partial charge in [-0.05, 0) is 48.4 Å². The number of hydrogen-bond acceptors (Lipinski definition) is 3. The lowest BCUT2D eigenvalue weighted by molar-refractivity contribution is -0.117. The van der Waals surface area contributed by atoms with Crippen LogP contribution < -0.4 is 11.1 Å². The Morgan fingerprint density at radius 3 is 2.61 bits per heavy atom. The van der Waals surface area contributed by atoms with Crippen LogP contribution in [0.3, 0.4) is 0 Å². The molecule has 0 saturated heterocycles. The normalized spacial score (nSPS) is 19.0. The van der Waals surface area contributed by atoms with Crippen molar-refractivity contribution in [1.82, 2.24) is 0 Å². The van der Waals surface area contributed by atoms with Crippen LogP contribution in [0.4, 0.5) is 5.69 Å². The molecule has 1 heterocycles. The number of fused-ring (bicyclic) bond motifs is 1. The van der Waals surface area contributed by atoms with Crippen molar-refractivity contribution in [2.75, 3.05) is 19.0 Å². The van der Waals surface area contributed by atoms with Crippen LogP contribution in [0.1, 0.15) is 75.6 Å². The number of rotatable bonds is 6. The summed E-state index contributed by atoms with van der Waals surface area (Å²) >= 11 is 0. The van der Waals surface area contributed by atoms with E-state index < -0.39 is 0 Å².